The second kappa shape index (κ2) is 14.3. The average Bonchev–Trinajstić information content (AvgIpc) is 3.75. The SMILES string of the molecule is C#Cc1cccc(C2(NC[C@H](O)[C@@H](Cc3cc(F)cc(F)c3)NC(=O)c3ccc4nc(CCOC)n(CCCC)c4c3)CC2)c1. The number of carbonyl (C=O) groups is 1. The van der Waals surface area contributed by atoms with Crippen LogP contribution in [0.15, 0.2) is 60.7 Å². The number of unbranched alkanes of at least 4 members (excludes halogenated alkanes) is 1. The Bertz CT molecular complexity index is 1670. The largest absolute Gasteiger partial charge is 0.390 e. The van der Waals surface area contributed by atoms with Gasteiger partial charge in [-0.25, -0.2) is 13.8 Å². The molecule has 0 saturated heterocycles. The van der Waals surface area contributed by atoms with Gasteiger partial charge < -0.3 is 25.0 Å². The molecule has 1 fully saturated rings. The molecule has 7 nitrogen and oxygen atoms in total. The van der Waals surface area contributed by atoms with Gasteiger partial charge in [0.2, 0.25) is 0 Å². The molecule has 0 spiro atoms. The van der Waals surface area contributed by atoms with Crippen molar-refractivity contribution in [2.75, 3.05) is 20.3 Å². The zero-order valence-corrected chi connectivity index (χ0v) is 25.8. The molecule has 3 aromatic carbocycles. The van der Waals surface area contributed by atoms with Crippen molar-refractivity contribution < 1.29 is 23.4 Å². The van der Waals surface area contributed by atoms with E-state index >= 15 is 0 Å². The topological polar surface area (TPSA) is 88.4 Å². The maximum Gasteiger partial charge on any atom is 0.251 e. The fourth-order valence-corrected chi connectivity index (χ4v) is 5.82. The van der Waals surface area contributed by atoms with E-state index in [0.717, 1.165) is 66.3 Å². The van der Waals surface area contributed by atoms with E-state index in [9.17, 15) is 18.7 Å². The van der Waals surface area contributed by atoms with Gasteiger partial charge in [0.05, 0.1) is 29.8 Å². The highest BCUT2D eigenvalue weighted by molar-refractivity contribution is 5.97. The number of imidazole rings is 1. The predicted molar refractivity (Wildman–Crippen MR) is 171 cm³/mol. The third-order valence-corrected chi connectivity index (χ3v) is 8.49. The Hall–Kier alpha value is -4.10. The number of nitrogens with zero attached hydrogens (tertiary/aromatic N) is 2. The summed E-state index contributed by atoms with van der Waals surface area (Å²) in [6.07, 6.45) is 8.93. The molecule has 3 N–H and O–H groups in total. The Kier molecular flexibility index (Phi) is 10.3. The number of halogens is 2. The van der Waals surface area contributed by atoms with Crippen molar-refractivity contribution in [3.8, 4) is 12.3 Å². The molecule has 0 unspecified atom stereocenters. The molecule has 1 heterocycles. The smallest absolute Gasteiger partial charge is 0.251 e. The van der Waals surface area contributed by atoms with Crippen molar-refractivity contribution >= 4 is 16.9 Å². The first-order valence-corrected chi connectivity index (χ1v) is 15.5. The summed E-state index contributed by atoms with van der Waals surface area (Å²) in [5, 5.41) is 17.8. The van der Waals surface area contributed by atoms with Crippen molar-refractivity contribution in [1.29, 1.82) is 0 Å². The fraction of sp³-hybridized carbons (Fsp3) is 0.389. The van der Waals surface area contributed by atoms with Crippen LogP contribution in [0.2, 0.25) is 0 Å². The molecule has 9 heteroatoms. The number of carbonyl (C=O) groups excluding carboxylic acids is 1. The van der Waals surface area contributed by atoms with E-state index in [1.54, 1.807) is 13.2 Å². The number of rotatable bonds is 15. The molecule has 1 aliphatic rings. The summed E-state index contributed by atoms with van der Waals surface area (Å²) in [6.45, 7) is 3.57. The Morgan fingerprint density at radius 2 is 1.93 bits per heavy atom. The van der Waals surface area contributed by atoms with Crippen molar-refractivity contribution in [3.05, 3.63) is 100 Å². The maximum absolute atomic E-state index is 14.1. The zero-order valence-electron chi connectivity index (χ0n) is 25.8. The first-order valence-electron chi connectivity index (χ1n) is 15.5. The molecule has 0 radical (unpaired) electrons. The van der Waals surface area contributed by atoms with Crippen LogP contribution in [-0.2, 0) is 29.7 Å². The van der Waals surface area contributed by atoms with Gasteiger partial charge in [-0.1, -0.05) is 31.4 Å². The molecular formula is C36H40F2N4O3. The van der Waals surface area contributed by atoms with E-state index in [4.69, 9.17) is 16.1 Å². The first-order chi connectivity index (χ1) is 21.7. The standard InChI is InChI=1S/C36H40F2N4O3/c1-4-6-15-42-32-21-26(10-11-30(32)40-34(42)12-16-45-3)35(44)41-31(20-25-18-28(37)22-29(38)19-25)33(43)23-39-36(13-14-36)27-9-7-8-24(5-2)17-27/h2,7-11,17-19,21-22,31,33,39,43H,4,6,12-16,20,23H2,1,3H3,(H,41,44)/t31-,33+/m1/s1. The Morgan fingerprint density at radius 1 is 1.16 bits per heavy atom. The number of hydrogen-bond acceptors (Lipinski definition) is 5. The van der Waals surface area contributed by atoms with E-state index in [-0.39, 0.29) is 18.5 Å². The number of hydrogen-bond donors (Lipinski definition) is 3. The average molecular weight is 615 g/mol. The summed E-state index contributed by atoms with van der Waals surface area (Å²) in [4.78, 5) is 18.5. The number of aromatic nitrogens is 2. The number of terminal acetylenes is 1. The monoisotopic (exact) mass is 614 g/mol. The number of methoxy groups -OCH3 is 1. The van der Waals surface area contributed by atoms with Gasteiger partial charge in [0.15, 0.2) is 0 Å². The predicted octanol–water partition coefficient (Wildman–Crippen LogP) is 5.27. The van der Waals surface area contributed by atoms with Crippen molar-refractivity contribution in [2.24, 2.45) is 0 Å². The van der Waals surface area contributed by atoms with Crippen LogP contribution in [0.1, 0.15) is 65.5 Å². The molecule has 45 heavy (non-hydrogen) atoms. The van der Waals surface area contributed by atoms with Crippen molar-refractivity contribution in [3.63, 3.8) is 0 Å². The van der Waals surface area contributed by atoms with Gasteiger partial charge in [0.25, 0.3) is 5.91 Å². The summed E-state index contributed by atoms with van der Waals surface area (Å²) in [5.41, 5.74) is 3.85. The van der Waals surface area contributed by atoms with Gasteiger partial charge in [-0.15, -0.1) is 6.42 Å². The van der Waals surface area contributed by atoms with E-state index < -0.39 is 29.7 Å². The molecule has 1 aromatic heterocycles. The number of aliphatic hydroxyl groups is 1. The minimum atomic E-state index is -1.06. The van der Waals surface area contributed by atoms with Gasteiger partial charge in [-0.05, 0) is 79.3 Å². The van der Waals surface area contributed by atoms with Gasteiger partial charge in [0.1, 0.15) is 17.5 Å². The summed E-state index contributed by atoms with van der Waals surface area (Å²) in [6, 6.07) is 15.5. The second-order valence-corrected chi connectivity index (χ2v) is 11.8. The van der Waals surface area contributed by atoms with E-state index in [1.807, 2.05) is 36.4 Å². The number of benzene rings is 3. The number of aryl methyl sites for hydroxylation is 1. The first kappa shape index (κ1) is 32.3. The molecule has 1 saturated carbocycles. The Labute approximate surface area is 263 Å². The summed E-state index contributed by atoms with van der Waals surface area (Å²) in [5.74, 6) is 1.72. The van der Waals surface area contributed by atoms with Crippen LogP contribution in [0.4, 0.5) is 8.78 Å². The number of ether oxygens (including phenoxy) is 1. The van der Waals surface area contributed by atoms with E-state index in [0.29, 0.717) is 24.2 Å². The normalized spacial score (nSPS) is 15.0. The zero-order chi connectivity index (χ0) is 32.0. The van der Waals surface area contributed by atoms with Crippen LogP contribution >= 0.6 is 0 Å². The van der Waals surface area contributed by atoms with Gasteiger partial charge >= 0.3 is 0 Å². The minimum absolute atomic E-state index is 0.0285. The molecule has 2 atom stereocenters. The molecule has 5 rings (SSSR count). The van der Waals surface area contributed by atoms with Crippen LogP contribution in [0.5, 0.6) is 0 Å². The van der Waals surface area contributed by atoms with Gasteiger partial charge in [-0.3, -0.25) is 4.79 Å². The van der Waals surface area contributed by atoms with Gasteiger partial charge in [-0.2, -0.15) is 0 Å². The number of amides is 1. The molecule has 0 bridgehead atoms. The summed E-state index contributed by atoms with van der Waals surface area (Å²) < 4.78 is 35.6. The molecule has 236 valence electrons. The van der Waals surface area contributed by atoms with Crippen molar-refractivity contribution in [1.82, 2.24) is 20.2 Å². The maximum atomic E-state index is 14.1. The third kappa shape index (κ3) is 7.77. The Morgan fingerprint density at radius 3 is 2.62 bits per heavy atom. The number of aliphatic hydroxyl groups excluding tert-OH is 1. The molecular weight excluding hydrogens is 574 g/mol. The van der Waals surface area contributed by atoms with Crippen LogP contribution in [0.3, 0.4) is 0 Å². The quantitative estimate of drug-likeness (QED) is 0.159. The van der Waals surface area contributed by atoms with Gasteiger partial charge in [0, 0.05) is 49.4 Å². The van der Waals surface area contributed by atoms with Crippen LogP contribution < -0.4 is 10.6 Å². The highest BCUT2D eigenvalue weighted by Gasteiger charge is 2.44. The highest BCUT2D eigenvalue weighted by Crippen LogP contribution is 2.45. The lowest BCUT2D eigenvalue weighted by molar-refractivity contribution is 0.0822. The fourth-order valence-electron chi connectivity index (χ4n) is 5.82. The Balaban J connectivity index is 1.38. The number of nitrogens with one attached hydrogen (secondary N) is 2. The van der Waals surface area contributed by atoms with Crippen molar-refractivity contribution in [2.45, 2.75) is 69.7 Å². The van der Waals surface area contributed by atoms with Crippen LogP contribution in [0, 0.1) is 24.0 Å². The van der Waals surface area contributed by atoms with Crippen LogP contribution in [-0.4, -0.2) is 53.0 Å². The molecule has 0 aliphatic heterocycles. The third-order valence-electron chi connectivity index (χ3n) is 8.49. The highest BCUT2D eigenvalue weighted by atomic mass is 19.1. The van der Waals surface area contributed by atoms with E-state index in [2.05, 4.69) is 28.0 Å². The summed E-state index contributed by atoms with van der Waals surface area (Å²) >= 11 is 0. The van der Waals surface area contributed by atoms with Crippen LogP contribution in [0.25, 0.3) is 11.0 Å². The molecule has 4 aromatic rings. The second-order valence-electron chi connectivity index (χ2n) is 11.8. The molecule has 1 amide bonds. The number of fused-ring (bicyclic) bond motifs is 1. The lowest BCUT2D eigenvalue weighted by atomic mass is 9.98. The van der Waals surface area contributed by atoms with E-state index in [1.165, 1.54) is 12.1 Å². The molecule has 1 aliphatic carbocycles. The summed E-state index contributed by atoms with van der Waals surface area (Å²) in [7, 11) is 1.65. The minimum Gasteiger partial charge on any atom is -0.390 e. The lowest BCUT2D eigenvalue weighted by Gasteiger charge is -2.27. The lowest BCUT2D eigenvalue weighted by Crippen LogP contribution is -2.50.